The van der Waals surface area contributed by atoms with Gasteiger partial charge in [0.1, 0.15) is 5.75 Å². The highest BCUT2D eigenvalue weighted by molar-refractivity contribution is 8.00. The van der Waals surface area contributed by atoms with Crippen LogP contribution in [-0.2, 0) is 11.8 Å². The monoisotopic (exact) mass is 396 g/mol. The molecule has 0 saturated carbocycles. The first-order valence-electron chi connectivity index (χ1n) is 8.97. The van der Waals surface area contributed by atoms with Crippen molar-refractivity contribution in [2.75, 3.05) is 12.4 Å². The number of nitrogens with one attached hydrogen (secondary N) is 1. The van der Waals surface area contributed by atoms with E-state index in [0.29, 0.717) is 5.16 Å². The predicted octanol–water partition coefficient (Wildman–Crippen LogP) is 4.23. The van der Waals surface area contributed by atoms with Gasteiger partial charge in [0.15, 0.2) is 11.0 Å². The fourth-order valence-corrected chi connectivity index (χ4v) is 3.62. The zero-order valence-corrected chi connectivity index (χ0v) is 17.5. The highest BCUT2D eigenvalue weighted by Gasteiger charge is 2.20. The number of aromatic nitrogens is 3. The number of nitrogens with zero attached hydrogens (tertiary/aromatic N) is 3. The van der Waals surface area contributed by atoms with E-state index in [2.05, 4.69) is 21.6 Å². The predicted molar refractivity (Wildman–Crippen MR) is 113 cm³/mol. The van der Waals surface area contributed by atoms with Crippen molar-refractivity contribution in [3.63, 3.8) is 0 Å². The lowest BCUT2D eigenvalue weighted by atomic mass is 10.1. The van der Waals surface area contributed by atoms with Gasteiger partial charge in [-0.05, 0) is 56.7 Å². The molecular formula is C21H24N4O2S. The fraction of sp³-hybridized carbons (Fsp3) is 0.286. The maximum Gasteiger partial charge on any atom is 0.237 e. The van der Waals surface area contributed by atoms with Crippen LogP contribution in [0.2, 0.25) is 0 Å². The van der Waals surface area contributed by atoms with Crippen molar-refractivity contribution in [2.45, 2.75) is 31.2 Å². The van der Waals surface area contributed by atoms with Gasteiger partial charge in [-0.15, -0.1) is 10.2 Å². The van der Waals surface area contributed by atoms with Gasteiger partial charge in [0, 0.05) is 18.3 Å². The number of hydrogen-bond acceptors (Lipinski definition) is 5. The van der Waals surface area contributed by atoms with E-state index in [1.54, 1.807) is 7.11 Å². The van der Waals surface area contributed by atoms with Gasteiger partial charge in [0.2, 0.25) is 5.91 Å². The smallest absolute Gasteiger partial charge is 0.237 e. The summed E-state index contributed by atoms with van der Waals surface area (Å²) in [5.41, 5.74) is 3.99. The summed E-state index contributed by atoms with van der Waals surface area (Å²) < 4.78 is 7.09. The second kappa shape index (κ2) is 8.48. The number of benzene rings is 2. The standard InChI is InChI=1S/C21H24N4O2S/c1-13-6-11-18(14(2)12-13)22-20(26)15(3)28-21-24-23-19(25(21)4)16-7-9-17(27-5)10-8-16/h6-12,15H,1-5H3,(H,22,26)/t15-/m1/s1. The topological polar surface area (TPSA) is 69.0 Å². The minimum absolute atomic E-state index is 0.0639. The molecule has 1 atom stereocenters. The Labute approximate surface area is 169 Å². The third kappa shape index (κ3) is 4.36. The Hall–Kier alpha value is -2.80. The molecule has 28 heavy (non-hydrogen) atoms. The lowest BCUT2D eigenvalue weighted by molar-refractivity contribution is -0.115. The van der Waals surface area contributed by atoms with Crippen molar-refractivity contribution < 1.29 is 9.53 Å². The van der Waals surface area contributed by atoms with E-state index >= 15 is 0 Å². The van der Waals surface area contributed by atoms with Gasteiger partial charge in [0.05, 0.1) is 12.4 Å². The molecule has 0 bridgehead atoms. The Morgan fingerprint density at radius 1 is 1.14 bits per heavy atom. The van der Waals surface area contributed by atoms with Crippen molar-refractivity contribution in [1.29, 1.82) is 0 Å². The quantitative estimate of drug-likeness (QED) is 0.632. The average molecular weight is 397 g/mol. The molecule has 6 nitrogen and oxygen atoms in total. The lowest BCUT2D eigenvalue weighted by Crippen LogP contribution is -2.23. The zero-order chi connectivity index (χ0) is 20.3. The summed E-state index contributed by atoms with van der Waals surface area (Å²) in [6.45, 7) is 5.89. The first kappa shape index (κ1) is 19.9. The van der Waals surface area contributed by atoms with Gasteiger partial charge in [0.25, 0.3) is 0 Å². The average Bonchev–Trinajstić information content (AvgIpc) is 3.04. The summed E-state index contributed by atoms with van der Waals surface area (Å²) in [6.07, 6.45) is 0. The minimum atomic E-state index is -0.313. The molecule has 3 rings (SSSR count). The Kier molecular flexibility index (Phi) is 6.04. The molecule has 146 valence electrons. The highest BCUT2D eigenvalue weighted by Crippen LogP contribution is 2.27. The number of carbonyl (C=O) groups is 1. The van der Waals surface area contributed by atoms with Crippen molar-refractivity contribution in [3.8, 4) is 17.1 Å². The van der Waals surface area contributed by atoms with Crippen LogP contribution in [0.4, 0.5) is 5.69 Å². The number of hydrogen-bond donors (Lipinski definition) is 1. The number of aryl methyl sites for hydroxylation is 2. The van der Waals surface area contributed by atoms with E-state index in [4.69, 9.17) is 4.74 Å². The third-order valence-corrected chi connectivity index (χ3v) is 5.61. The van der Waals surface area contributed by atoms with Crippen LogP contribution in [0.1, 0.15) is 18.1 Å². The van der Waals surface area contributed by atoms with E-state index in [0.717, 1.165) is 28.4 Å². The van der Waals surface area contributed by atoms with Crippen LogP contribution in [0, 0.1) is 13.8 Å². The second-order valence-corrected chi connectivity index (χ2v) is 7.97. The molecule has 0 radical (unpaired) electrons. The van der Waals surface area contributed by atoms with Crippen molar-refractivity contribution in [3.05, 3.63) is 53.6 Å². The number of methoxy groups -OCH3 is 1. The summed E-state index contributed by atoms with van der Waals surface area (Å²) in [5, 5.41) is 11.9. The highest BCUT2D eigenvalue weighted by atomic mass is 32.2. The molecule has 0 fully saturated rings. The maximum absolute atomic E-state index is 12.6. The van der Waals surface area contributed by atoms with Crippen LogP contribution in [0.3, 0.4) is 0 Å². The van der Waals surface area contributed by atoms with E-state index in [9.17, 15) is 4.79 Å². The van der Waals surface area contributed by atoms with E-state index < -0.39 is 0 Å². The van der Waals surface area contributed by atoms with Crippen molar-refractivity contribution in [1.82, 2.24) is 14.8 Å². The summed E-state index contributed by atoms with van der Waals surface area (Å²) in [4.78, 5) is 12.6. The Bertz CT molecular complexity index is 983. The molecule has 2 aromatic carbocycles. The summed E-state index contributed by atoms with van der Waals surface area (Å²) in [7, 11) is 3.53. The van der Waals surface area contributed by atoms with E-state index in [1.807, 2.05) is 68.8 Å². The summed E-state index contributed by atoms with van der Waals surface area (Å²) in [6, 6.07) is 13.6. The minimum Gasteiger partial charge on any atom is -0.497 e. The van der Waals surface area contributed by atoms with Gasteiger partial charge in [-0.3, -0.25) is 4.79 Å². The van der Waals surface area contributed by atoms with Crippen LogP contribution in [-0.4, -0.2) is 33.0 Å². The van der Waals surface area contributed by atoms with Gasteiger partial charge < -0.3 is 14.6 Å². The molecule has 7 heteroatoms. The Morgan fingerprint density at radius 3 is 2.50 bits per heavy atom. The molecule has 0 unspecified atom stereocenters. The molecule has 0 saturated heterocycles. The summed E-state index contributed by atoms with van der Waals surface area (Å²) in [5.74, 6) is 1.47. The molecule has 0 spiro atoms. The normalized spacial score (nSPS) is 11.9. The first-order chi connectivity index (χ1) is 13.4. The second-order valence-electron chi connectivity index (χ2n) is 6.66. The van der Waals surface area contributed by atoms with Gasteiger partial charge in [-0.25, -0.2) is 0 Å². The number of ether oxygens (including phenoxy) is 1. The zero-order valence-electron chi connectivity index (χ0n) is 16.7. The molecular weight excluding hydrogens is 372 g/mol. The number of anilines is 1. The first-order valence-corrected chi connectivity index (χ1v) is 9.85. The fourth-order valence-electron chi connectivity index (χ4n) is 2.81. The van der Waals surface area contributed by atoms with Gasteiger partial charge in [-0.1, -0.05) is 29.5 Å². The molecule has 1 heterocycles. The van der Waals surface area contributed by atoms with Crippen LogP contribution in [0.5, 0.6) is 5.75 Å². The third-order valence-electron chi connectivity index (χ3n) is 4.47. The number of amides is 1. The van der Waals surface area contributed by atoms with Crippen LogP contribution < -0.4 is 10.1 Å². The number of carbonyl (C=O) groups excluding carboxylic acids is 1. The number of thioether (sulfide) groups is 1. The molecule has 0 aliphatic heterocycles. The van der Waals surface area contributed by atoms with Gasteiger partial charge >= 0.3 is 0 Å². The maximum atomic E-state index is 12.6. The Morgan fingerprint density at radius 2 is 1.86 bits per heavy atom. The SMILES string of the molecule is COc1ccc(-c2nnc(S[C@H](C)C(=O)Nc3ccc(C)cc3C)n2C)cc1. The number of rotatable bonds is 6. The van der Waals surface area contributed by atoms with Gasteiger partial charge in [-0.2, -0.15) is 0 Å². The molecule has 1 aromatic heterocycles. The lowest BCUT2D eigenvalue weighted by Gasteiger charge is -2.13. The Balaban J connectivity index is 1.70. The molecule has 0 aliphatic rings. The van der Waals surface area contributed by atoms with E-state index in [1.165, 1.54) is 17.3 Å². The largest absolute Gasteiger partial charge is 0.497 e. The molecule has 0 aliphatic carbocycles. The van der Waals surface area contributed by atoms with E-state index in [-0.39, 0.29) is 11.2 Å². The molecule has 3 aromatic rings. The van der Waals surface area contributed by atoms with Crippen molar-refractivity contribution >= 4 is 23.4 Å². The van der Waals surface area contributed by atoms with Crippen LogP contribution in [0.15, 0.2) is 47.6 Å². The summed E-state index contributed by atoms with van der Waals surface area (Å²) >= 11 is 1.38. The van der Waals surface area contributed by atoms with Crippen LogP contribution >= 0.6 is 11.8 Å². The van der Waals surface area contributed by atoms with Crippen molar-refractivity contribution in [2.24, 2.45) is 7.05 Å². The molecule has 1 N–H and O–H groups in total. The van der Waals surface area contributed by atoms with Crippen LogP contribution in [0.25, 0.3) is 11.4 Å². The molecule has 1 amide bonds.